The molecule has 1 amide bonds. The summed E-state index contributed by atoms with van der Waals surface area (Å²) in [6.07, 6.45) is 0. The molecule has 0 aliphatic rings. The first-order valence-electron chi connectivity index (χ1n) is 5.84. The van der Waals surface area contributed by atoms with Crippen LogP contribution in [0.3, 0.4) is 0 Å². The minimum Gasteiger partial charge on any atom is -0.480 e. The number of aliphatic carboxylic acids is 1. The van der Waals surface area contributed by atoms with Gasteiger partial charge in [-0.1, -0.05) is 30.3 Å². The van der Waals surface area contributed by atoms with Crippen LogP contribution in [0.25, 0.3) is 0 Å². The number of nitrogens with two attached hydrogens (primary N) is 1. The summed E-state index contributed by atoms with van der Waals surface area (Å²) >= 11 is 1.24. The monoisotopic (exact) mass is 282 g/mol. The molecule has 0 spiro atoms. The zero-order valence-corrected chi connectivity index (χ0v) is 11.6. The molecule has 0 saturated carbocycles. The molecule has 1 aromatic carbocycles. The van der Waals surface area contributed by atoms with Gasteiger partial charge in [0.2, 0.25) is 5.91 Å². The minimum atomic E-state index is -1.04. The fraction of sp³-hybridized carbons (Fsp3) is 0.385. The lowest BCUT2D eigenvalue weighted by molar-refractivity contribution is -0.138. The molecule has 5 nitrogen and oxygen atoms in total. The molecular weight excluding hydrogens is 264 g/mol. The van der Waals surface area contributed by atoms with Gasteiger partial charge in [-0.15, -0.1) is 11.8 Å². The maximum atomic E-state index is 11.8. The molecule has 1 aromatic rings. The number of carboxylic acids is 1. The van der Waals surface area contributed by atoms with Crippen molar-refractivity contribution < 1.29 is 14.7 Å². The van der Waals surface area contributed by atoms with Gasteiger partial charge in [0.1, 0.15) is 6.04 Å². The summed E-state index contributed by atoms with van der Waals surface area (Å²) in [6, 6.07) is 8.77. The van der Waals surface area contributed by atoms with Crippen LogP contribution in [-0.4, -0.2) is 46.5 Å². The molecule has 3 N–H and O–H groups in total. The number of thioether (sulfide) groups is 1. The first-order valence-corrected chi connectivity index (χ1v) is 7.00. The van der Waals surface area contributed by atoms with E-state index in [0.717, 1.165) is 5.56 Å². The first kappa shape index (κ1) is 15.5. The molecule has 0 aliphatic heterocycles. The zero-order valence-electron chi connectivity index (χ0n) is 10.8. The van der Waals surface area contributed by atoms with E-state index in [0.29, 0.717) is 6.54 Å². The van der Waals surface area contributed by atoms with Gasteiger partial charge in [-0.2, -0.15) is 0 Å². The normalized spacial score (nSPS) is 11.9. The summed E-state index contributed by atoms with van der Waals surface area (Å²) < 4.78 is 0. The number of rotatable bonds is 7. The summed E-state index contributed by atoms with van der Waals surface area (Å²) in [4.78, 5) is 24.0. The van der Waals surface area contributed by atoms with Gasteiger partial charge in [0.05, 0.1) is 5.75 Å². The van der Waals surface area contributed by atoms with Crippen LogP contribution in [0.4, 0.5) is 0 Å². The van der Waals surface area contributed by atoms with Gasteiger partial charge in [0.25, 0.3) is 0 Å². The van der Waals surface area contributed by atoms with Crippen molar-refractivity contribution in [1.82, 2.24) is 4.90 Å². The second kappa shape index (κ2) is 7.81. The van der Waals surface area contributed by atoms with Crippen LogP contribution >= 0.6 is 11.8 Å². The van der Waals surface area contributed by atoms with E-state index in [-0.39, 0.29) is 17.4 Å². The van der Waals surface area contributed by atoms with E-state index in [1.165, 1.54) is 11.8 Å². The molecule has 0 aromatic heterocycles. The Balaban J connectivity index is 2.31. The van der Waals surface area contributed by atoms with E-state index in [1.54, 1.807) is 11.9 Å². The Labute approximate surface area is 116 Å². The second-order valence-corrected chi connectivity index (χ2v) is 5.23. The minimum absolute atomic E-state index is 0.0357. The number of nitrogens with zero attached hydrogens (tertiary/aromatic N) is 1. The molecule has 0 unspecified atom stereocenters. The van der Waals surface area contributed by atoms with Crippen molar-refractivity contribution in [3.63, 3.8) is 0 Å². The van der Waals surface area contributed by atoms with E-state index >= 15 is 0 Å². The molecule has 6 heteroatoms. The number of carboxylic acid groups (broad SMARTS) is 1. The Bertz CT molecular complexity index is 425. The Morgan fingerprint density at radius 3 is 2.58 bits per heavy atom. The predicted octanol–water partition coefficient (Wildman–Crippen LogP) is 0.790. The Morgan fingerprint density at radius 2 is 2.00 bits per heavy atom. The first-order chi connectivity index (χ1) is 9.00. The molecule has 0 heterocycles. The van der Waals surface area contributed by atoms with Crippen molar-refractivity contribution >= 4 is 23.6 Å². The average Bonchev–Trinajstić information content (AvgIpc) is 2.39. The third-order valence-corrected chi connectivity index (χ3v) is 3.57. The van der Waals surface area contributed by atoms with Crippen molar-refractivity contribution in [3.05, 3.63) is 35.9 Å². The number of amides is 1. The zero-order chi connectivity index (χ0) is 14.3. The number of carbonyl (C=O) groups excluding carboxylic acids is 1. The van der Waals surface area contributed by atoms with Gasteiger partial charge in [-0.05, 0) is 5.56 Å². The van der Waals surface area contributed by atoms with Crippen molar-refractivity contribution in [2.24, 2.45) is 5.73 Å². The van der Waals surface area contributed by atoms with Crippen LogP contribution in [0.1, 0.15) is 5.56 Å². The maximum absolute atomic E-state index is 11.8. The Kier molecular flexibility index (Phi) is 6.38. The molecule has 0 bridgehead atoms. The average molecular weight is 282 g/mol. The van der Waals surface area contributed by atoms with Crippen LogP contribution in [0.2, 0.25) is 0 Å². The van der Waals surface area contributed by atoms with E-state index in [2.05, 4.69) is 0 Å². The summed E-state index contributed by atoms with van der Waals surface area (Å²) in [5, 5.41) is 8.62. The SMILES string of the molecule is CN(Cc1ccccc1)C(=O)CSC[C@@H](N)C(=O)O. The maximum Gasteiger partial charge on any atom is 0.321 e. The Hall–Kier alpha value is -1.53. The van der Waals surface area contributed by atoms with Crippen LogP contribution in [0.5, 0.6) is 0 Å². The quantitative estimate of drug-likeness (QED) is 0.772. The second-order valence-electron chi connectivity index (χ2n) is 4.20. The fourth-order valence-electron chi connectivity index (χ4n) is 1.40. The number of carbonyl (C=O) groups is 2. The smallest absolute Gasteiger partial charge is 0.321 e. The van der Waals surface area contributed by atoms with Crippen molar-refractivity contribution in [1.29, 1.82) is 0 Å². The van der Waals surface area contributed by atoms with Gasteiger partial charge < -0.3 is 15.7 Å². The van der Waals surface area contributed by atoms with E-state index in [4.69, 9.17) is 10.8 Å². The summed E-state index contributed by atoms with van der Waals surface area (Å²) in [5.41, 5.74) is 6.42. The summed E-state index contributed by atoms with van der Waals surface area (Å²) in [5.74, 6) is -0.603. The fourth-order valence-corrected chi connectivity index (χ4v) is 2.31. The molecule has 19 heavy (non-hydrogen) atoms. The van der Waals surface area contributed by atoms with Gasteiger partial charge in [0.15, 0.2) is 0 Å². The van der Waals surface area contributed by atoms with Gasteiger partial charge in [0, 0.05) is 19.3 Å². The lowest BCUT2D eigenvalue weighted by Crippen LogP contribution is -2.34. The van der Waals surface area contributed by atoms with Crippen molar-refractivity contribution in [2.75, 3.05) is 18.6 Å². The van der Waals surface area contributed by atoms with E-state index < -0.39 is 12.0 Å². The van der Waals surface area contributed by atoms with Crippen LogP contribution in [-0.2, 0) is 16.1 Å². The molecule has 0 radical (unpaired) electrons. The van der Waals surface area contributed by atoms with E-state index in [9.17, 15) is 9.59 Å². The number of hydrogen-bond acceptors (Lipinski definition) is 4. The third kappa shape index (κ3) is 5.76. The Morgan fingerprint density at radius 1 is 1.37 bits per heavy atom. The van der Waals surface area contributed by atoms with E-state index in [1.807, 2.05) is 30.3 Å². The van der Waals surface area contributed by atoms with Crippen molar-refractivity contribution in [3.8, 4) is 0 Å². The van der Waals surface area contributed by atoms with Gasteiger partial charge in [-0.3, -0.25) is 9.59 Å². The van der Waals surface area contributed by atoms with Gasteiger partial charge in [-0.25, -0.2) is 0 Å². The molecule has 0 aliphatic carbocycles. The predicted molar refractivity (Wildman–Crippen MR) is 75.9 cm³/mol. The standard InChI is InChI=1S/C13H18N2O3S/c1-15(7-10-5-3-2-4-6-10)12(16)9-19-8-11(14)13(17)18/h2-6,11H,7-9,14H2,1H3,(H,17,18)/t11-/m1/s1. The highest BCUT2D eigenvalue weighted by atomic mass is 32.2. The van der Waals surface area contributed by atoms with Crippen LogP contribution in [0, 0.1) is 0 Å². The summed E-state index contributed by atoms with van der Waals surface area (Å²) in [6.45, 7) is 0.547. The number of hydrogen-bond donors (Lipinski definition) is 2. The summed E-state index contributed by atoms with van der Waals surface area (Å²) in [7, 11) is 1.73. The lowest BCUT2D eigenvalue weighted by Gasteiger charge is -2.17. The highest BCUT2D eigenvalue weighted by Gasteiger charge is 2.14. The van der Waals surface area contributed by atoms with Crippen LogP contribution in [0.15, 0.2) is 30.3 Å². The molecule has 0 saturated heterocycles. The van der Waals surface area contributed by atoms with Gasteiger partial charge >= 0.3 is 5.97 Å². The highest BCUT2D eigenvalue weighted by molar-refractivity contribution is 8.00. The molecular formula is C13H18N2O3S. The van der Waals surface area contributed by atoms with Crippen molar-refractivity contribution in [2.45, 2.75) is 12.6 Å². The topological polar surface area (TPSA) is 83.6 Å². The molecule has 1 atom stereocenters. The van der Waals surface area contributed by atoms with Crippen LogP contribution < -0.4 is 5.73 Å². The molecule has 1 rings (SSSR count). The molecule has 104 valence electrons. The number of benzene rings is 1. The largest absolute Gasteiger partial charge is 0.480 e. The third-order valence-electron chi connectivity index (χ3n) is 2.53. The molecule has 0 fully saturated rings. The lowest BCUT2D eigenvalue weighted by atomic mass is 10.2. The highest BCUT2D eigenvalue weighted by Crippen LogP contribution is 2.07.